The number of nitrogens with zero attached hydrogens (tertiary/aromatic N) is 1. The highest BCUT2D eigenvalue weighted by Crippen LogP contribution is 2.22. The number of rotatable bonds is 7. The zero-order chi connectivity index (χ0) is 19.9. The molecule has 1 aromatic heterocycles. The van der Waals surface area contributed by atoms with Gasteiger partial charge in [-0.3, -0.25) is 9.59 Å². The molecular formula is C22H30ClN3O2S. The average molecular weight is 436 g/mol. The van der Waals surface area contributed by atoms with Crippen LogP contribution in [0.1, 0.15) is 47.8 Å². The maximum Gasteiger partial charge on any atom is 0.253 e. The molecule has 1 atom stereocenters. The van der Waals surface area contributed by atoms with Gasteiger partial charge in [0.2, 0.25) is 5.91 Å². The van der Waals surface area contributed by atoms with E-state index in [1.54, 1.807) is 17.4 Å². The fraction of sp³-hybridized carbons (Fsp3) is 0.455. The minimum atomic E-state index is -0.0149. The van der Waals surface area contributed by atoms with E-state index in [1.807, 2.05) is 36.1 Å². The minimum Gasteiger partial charge on any atom is -0.339 e. The fourth-order valence-electron chi connectivity index (χ4n) is 3.64. The lowest BCUT2D eigenvalue weighted by atomic mass is 9.90. The summed E-state index contributed by atoms with van der Waals surface area (Å²) in [6.45, 7) is 3.52. The third kappa shape index (κ3) is 6.84. The second kappa shape index (κ2) is 11.3. The molecule has 0 spiro atoms. The van der Waals surface area contributed by atoms with E-state index in [-0.39, 0.29) is 30.3 Å². The van der Waals surface area contributed by atoms with Gasteiger partial charge in [-0.05, 0) is 68.2 Å². The lowest BCUT2D eigenvalue weighted by molar-refractivity contribution is -0.116. The number of halogens is 1. The summed E-state index contributed by atoms with van der Waals surface area (Å²) in [4.78, 5) is 28.2. The largest absolute Gasteiger partial charge is 0.339 e. The summed E-state index contributed by atoms with van der Waals surface area (Å²) in [7, 11) is 0. The van der Waals surface area contributed by atoms with Crippen molar-refractivity contribution in [3.63, 3.8) is 0 Å². The lowest BCUT2D eigenvalue weighted by Crippen LogP contribution is -2.42. The van der Waals surface area contributed by atoms with E-state index in [4.69, 9.17) is 5.73 Å². The van der Waals surface area contributed by atoms with Gasteiger partial charge in [-0.25, -0.2) is 0 Å². The first kappa shape index (κ1) is 23.4. The number of likely N-dealkylation sites (tertiary alicyclic amines) is 1. The number of anilines is 1. The molecule has 29 heavy (non-hydrogen) atoms. The van der Waals surface area contributed by atoms with Gasteiger partial charge in [0.25, 0.3) is 5.91 Å². The number of thiophene rings is 1. The number of benzene rings is 1. The van der Waals surface area contributed by atoms with Crippen LogP contribution in [-0.4, -0.2) is 35.8 Å². The van der Waals surface area contributed by atoms with E-state index in [1.165, 1.54) is 4.88 Å². The van der Waals surface area contributed by atoms with Crippen LogP contribution in [0.5, 0.6) is 0 Å². The van der Waals surface area contributed by atoms with Crippen LogP contribution in [-0.2, 0) is 11.2 Å². The Kier molecular flexibility index (Phi) is 9.14. The fourth-order valence-corrected chi connectivity index (χ4v) is 4.39. The molecule has 0 aliphatic carbocycles. The molecule has 2 heterocycles. The van der Waals surface area contributed by atoms with Gasteiger partial charge in [0.1, 0.15) is 0 Å². The number of amides is 2. The van der Waals surface area contributed by atoms with Crippen molar-refractivity contribution in [2.45, 2.75) is 45.1 Å². The first-order chi connectivity index (χ1) is 13.5. The molecule has 2 amide bonds. The van der Waals surface area contributed by atoms with Crippen molar-refractivity contribution in [2.24, 2.45) is 11.7 Å². The Hall–Kier alpha value is -1.89. The molecule has 5 nitrogen and oxygen atoms in total. The molecule has 0 saturated carbocycles. The summed E-state index contributed by atoms with van der Waals surface area (Å²) in [5, 5.41) is 4.97. The lowest BCUT2D eigenvalue weighted by Gasteiger charge is -2.33. The van der Waals surface area contributed by atoms with E-state index in [0.29, 0.717) is 23.6 Å². The number of hydrogen-bond acceptors (Lipinski definition) is 4. The second-order valence-corrected chi connectivity index (χ2v) is 8.58. The molecule has 3 rings (SSSR count). The van der Waals surface area contributed by atoms with Gasteiger partial charge in [0.05, 0.1) is 0 Å². The summed E-state index contributed by atoms with van der Waals surface area (Å²) in [6.07, 6.45) is 4.11. The Labute approximate surface area is 183 Å². The number of piperidine rings is 1. The van der Waals surface area contributed by atoms with Crippen LogP contribution < -0.4 is 11.1 Å². The molecule has 1 aromatic carbocycles. The van der Waals surface area contributed by atoms with Crippen LogP contribution in [0.25, 0.3) is 0 Å². The molecule has 1 saturated heterocycles. The predicted molar refractivity (Wildman–Crippen MR) is 122 cm³/mol. The van der Waals surface area contributed by atoms with Gasteiger partial charge < -0.3 is 16.0 Å². The number of aryl methyl sites for hydroxylation is 1. The summed E-state index contributed by atoms with van der Waals surface area (Å²) in [6, 6.07) is 11.5. The first-order valence-corrected chi connectivity index (χ1v) is 10.9. The third-order valence-electron chi connectivity index (χ3n) is 5.37. The maximum absolute atomic E-state index is 12.8. The van der Waals surface area contributed by atoms with Gasteiger partial charge in [0, 0.05) is 41.7 Å². The SMILES string of the molecule is CC(N)C1CCN(C(=O)c2cccc(NC(=O)CCCc3cccs3)c2)CC1.Cl. The Morgan fingerprint density at radius 2 is 2.00 bits per heavy atom. The van der Waals surface area contributed by atoms with E-state index in [0.717, 1.165) is 38.8 Å². The maximum atomic E-state index is 12.8. The normalized spacial score (nSPS) is 15.4. The first-order valence-electron chi connectivity index (χ1n) is 10.00. The summed E-state index contributed by atoms with van der Waals surface area (Å²) < 4.78 is 0. The highest BCUT2D eigenvalue weighted by atomic mass is 35.5. The summed E-state index contributed by atoms with van der Waals surface area (Å²) in [5.74, 6) is 0.500. The van der Waals surface area contributed by atoms with Crippen molar-refractivity contribution in [1.82, 2.24) is 4.90 Å². The predicted octanol–water partition coefficient (Wildman–Crippen LogP) is 4.33. The molecule has 0 bridgehead atoms. The number of carbonyl (C=O) groups excluding carboxylic acids is 2. The molecule has 0 radical (unpaired) electrons. The molecule has 1 aliphatic heterocycles. The van der Waals surface area contributed by atoms with Crippen molar-refractivity contribution in [3.05, 3.63) is 52.2 Å². The van der Waals surface area contributed by atoms with E-state index >= 15 is 0 Å². The highest BCUT2D eigenvalue weighted by Gasteiger charge is 2.25. The Morgan fingerprint density at radius 1 is 1.24 bits per heavy atom. The third-order valence-corrected chi connectivity index (χ3v) is 6.31. The van der Waals surface area contributed by atoms with Crippen molar-refractivity contribution >= 4 is 41.2 Å². The monoisotopic (exact) mass is 435 g/mol. The smallest absolute Gasteiger partial charge is 0.253 e. The standard InChI is InChI=1S/C22H29N3O2S.ClH/c1-16(23)17-10-12-25(13-11-17)22(27)18-5-2-6-19(15-18)24-21(26)9-3-7-20-8-4-14-28-20;/h2,4-6,8,14-17H,3,7,9-13,23H2,1H3,(H,24,26);1H. The van der Waals surface area contributed by atoms with Crippen molar-refractivity contribution in [3.8, 4) is 0 Å². The average Bonchev–Trinajstić information content (AvgIpc) is 3.21. The van der Waals surface area contributed by atoms with Gasteiger partial charge in [-0.1, -0.05) is 12.1 Å². The molecule has 158 valence electrons. The van der Waals surface area contributed by atoms with Gasteiger partial charge in [-0.15, -0.1) is 23.7 Å². The second-order valence-electron chi connectivity index (χ2n) is 7.55. The van der Waals surface area contributed by atoms with Crippen LogP contribution in [0.3, 0.4) is 0 Å². The molecule has 1 fully saturated rings. The zero-order valence-corrected chi connectivity index (χ0v) is 18.4. The molecule has 1 aliphatic rings. The van der Waals surface area contributed by atoms with Crippen molar-refractivity contribution < 1.29 is 9.59 Å². The van der Waals surface area contributed by atoms with Crippen molar-refractivity contribution in [2.75, 3.05) is 18.4 Å². The quantitative estimate of drug-likeness (QED) is 0.679. The topological polar surface area (TPSA) is 75.4 Å². The van der Waals surface area contributed by atoms with Crippen LogP contribution in [0, 0.1) is 5.92 Å². The summed E-state index contributed by atoms with van der Waals surface area (Å²) >= 11 is 1.72. The number of nitrogens with one attached hydrogen (secondary N) is 1. The zero-order valence-electron chi connectivity index (χ0n) is 16.8. The highest BCUT2D eigenvalue weighted by molar-refractivity contribution is 7.09. The van der Waals surface area contributed by atoms with Gasteiger partial charge in [-0.2, -0.15) is 0 Å². The van der Waals surface area contributed by atoms with Crippen LogP contribution in [0.2, 0.25) is 0 Å². The van der Waals surface area contributed by atoms with Crippen LogP contribution >= 0.6 is 23.7 Å². The van der Waals surface area contributed by atoms with E-state index in [9.17, 15) is 9.59 Å². The number of nitrogens with two attached hydrogens (primary N) is 1. The number of carbonyl (C=O) groups is 2. The molecule has 2 aromatic rings. The Bertz CT molecular complexity index is 787. The van der Waals surface area contributed by atoms with E-state index in [2.05, 4.69) is 16.8 Å². The minimum absolute atomic E-state index is 0. The Balaban J connectivity index is 0.00000300. The van der Waals surface area contributed by atoms with Gasteiger partial charge in [0.15, 0.2) is 0 Å². The molecule has 7 heteroatoms. The van der Waals surface area contributed by atoms with Crippen molar-refractivity contribution in [1.29, 1.82) is 0 Å². The van der Waals surface area contributed by atoms with Gasteiger partial charge >= 0.3 is 0 Å². The molecule has 3 N–H and O–H groups in total. The Morgan fingerprint density at radius 3 is 2.66 bits per heavy atom. The van der Waals surface area contributed by atoms with Crippen LogP contribution in [0.4, 0.5) is 5.69 Å². The number of hydrogen-bond donors (Lipinski definition) is 2. The molecule has 1 unspecified atom stereocenters. The van der Waals surface area contributed by atoms with E-state index < -0.39 is 0 Å². The summed E-state index contributed by atoms with van der Waals surface area (Å²) in [5.41, 5.74) is 7.28. The van der Waals surface area contributed by atoms with Crippen LogP contribution in [0.15, 0.2) is 41.8 Å². The molecular weight excluding hydrogens is 406 g/mol.